The molecule has 1 aromatic heterocycles. The molecule has 0 aliphatic heterocycles. The maximum atomic E-state index is 10.0. The number of nitrogens with zero attached hydrogens (tertiary/aromatic N) is 4. The molecule has 0 unspecified atom stereocenters. The largest absolute Gasteiger partial charge is 0.507 e. The Morgan fingerprint density at radius 1 is 0.897 bits per heavy atom. The third kappa shape index (κ3) is 4.59. The molecule has 1 N–H and O–H groups in total. The van der Waals surface area contributed by atoms with Gasteiger partial charge in [-0.25, -0.2) is 14.7 Å². The quantitative estimate of drug-likeness (QED) is 0.447. The summed E-state index contributed by atoms with van der Waals surface area (Å²) in [6.45, 7) is 0. The van der Waals surface area contributed by atoms with Crippen LogP contribution in [0.25, 0.3) is 11.3 Å². The highest BCUT2D eigenvalue weighted by Crippen LogP contribution is 2.24. The van der Waals surface area contributed by atoms with Crippen molar-refractivity contribution in [2.24, 2.45) is 10.1 Å². The monoisotopic (exact) mass is 400 g/mol. The SMILES string of the molecule is Oc1ccc(Cl)cc1C=Nc1nc(-c2ccccc2)cn1/N=C\c1ccccc1. The van der Waals surface area contributed by atoms with Crippen molar-refractivity contribution in [1.29, 1.82) is 0 Å². The average Bonchev–Trinajstić information content (AvgIpc) is 3.17. The molecule has 5 nitrogen and oxygen atoms in total. The number of aromatic hydroxyl groups is 1. The van der Waals surface area contributed by atoms with E-state index in [1.165, 1.54) is 12.3 Å². The van der Waals surface area contributed by atoms with E-state index in [0.717, 1.165) is 16.8 Å². The number of phenolic OH excluding ortho intramolecular Hbond substituents is 1. The van der Waals surface area contributed by atoms with Crippen LogP contribution in [0.15, 0.2) is 95.2 Å². The Morgan fingerprint density at radius 3 is 2.38 bits per heavy atom. The van der Waals surface area contributed by atoms with Crippen LogP contribution < -0.4 is 0 Å². The molecular formula is C23H17ClN4O. The number of benzene rings is 3. The molecule has 3 aromatic carbocycles. The molecule has 1 heterocycles. The summed E-state index contributed by atoms with van der Waals surface area (Å²) in [6, 6.07) is 24.4. The van der Waals surface area contributed by atoms with Crippen molar-refractivity contribution in [3.63, 3.8) is 0 Å². The number of hydrogen-bond donors (Lipinski definition) is 1. The van der Waals surface area contributed by atoms with Crippen LogP contribution in [0.5, 0.6) is 5.75 Å². The van der Waals surface area contributed by atoms with Gasteiger partial charge in [0, 0.05) is 22.4 Å². The number of hydrogen-bond acceptors (Lipinski definition) is 4. The number of aromatic nitrogens is 2. The van der Waals surface area contributed by atoms with E-state index in [1.54, 1.807) is 23.0 Å². The summed E-state index contributed by atoms with van der Waals surface area (Å²) < 4.78 is 1.60. The molecule has 0 saturated heterocycles. The first-order chi connectivity index (χ1) is 14.2. The maximum absolute atomic E-state index is 10.0. The van der Waals surface area contributed by atoms with Gasteiger partial charge in [0.15, 0.2) is 0 Å². The van der Waals surface area contributed by atoms with Crippen molar-refractivity contribution >= 4 is 30.0 Å². The molecule has 6 heteroatoms. The summed E-state index contributed by atoms with van der Waals surface area (Å²) in [6.07, 6.45) is 5.08. The van der Waals surface area contributed by atoms with Gasteiger partial charge in [0.1, 0.15) is 5.75 Å². The van der Waals surface area contributed by atoms with E-state index in [9.17, 15) is 5.11 Å². The summed E-state index contributed by atoms with van der Waals surface area (Å²) in [5.74, 6) is 0.475. The summed E-state index contributed by atoms with van der Waals surface area (Å²) >= 11 is 6.01. The fraction of sp³-hybridized carbons (Fsp3) is 0. The molecule has 0 fully saturated rings. The molecule has 142 valence electrons. The van der Waals surface area contributed by atoms with Crippen LogP contribution >= 0.6 is 11.6 Å². The van der Waals surface area contributed by atoms with E-state index in [4.69, 9.17) is 11.6 Å². The van der Waals surface area contributed by atoms with Crippen molar-refractivity contribution in [2.75, 3.05) is 0 Å². The molecule has 0 radical (unpaired) electrons. The lowest BCUT2D eigenvalue weighted by atomic mass is 10.2. The Balaban J connectivity index is 1.72. The van der Waals surface area contributed by atoms with E-state index in [2.05, 4.69) is 15.1 Å². The second kappa shape index (κ2) is 8.54. The third-order valence-electron chi connectivity index (χ3n) is 4.18. The van der Waals surface area contributed by atoms with Gasteiger partial charge in [-0.3, -0.25) is 0 Å². The van der Waals surface area contributed by atoms with Gasteiger partial charge in [-0.1, -0.05) is 72.3 Å². The van der Waals surface area contributed by atoms with Crippen LogP contribution in [0.1, 0.15) is 11.1 Å². The van der Waals surface area contributed by atoms with E-state index in [-0.39, 0.29) is 5.75 Å². The van der Waals surface area contributed by atoms with Gasteiger partial charge in [0.25, 0.3) is 5.95 Å². The van der Waals surface area contributed by atoms with Crippen molar-refractivity contribution in [2.45, 2.75) is 0 Å². The summed E-state index contributed by atoms with van der Waals surface area (Å²) in [5.41, 5.74) is 3.17. The fourth-order valence-corrected chi connectivity index (χ4v) is 2.89. The molecule has 0 aliphatic rings. The highest BCUT2D eigenvalue weighted by Gasteiger charge is 2.08. The molecule has 0 aliphatic carbocycles. The van der Waals surface area contributed by atoms with Gasteiger partial charge < -0.3 is 5.11 Å². The van der Waals surface area contributed by atoms with E-state index >= 15 is 0 Å². The van der Waals surface area contributed by atoms with Gasteiger partial charge in [0.05, 0.1) is 18.1 Å². The van der Waals surface area contributed by atoms with Crippen LogP contribution in [0.2, 0.25) is 5.02 Å². The minimum atomic E-state index is 0.0901. The number of halogens is 1. The van der Waals surface area contributed by atoms with Crippen LogP contribution in [0.4, 0.5) is 5.95 Å². The standard InChI is InChI=1S/C23H17ClN4O/c24-20-11-12-22(29)19(13-20)15-25-23-27-21(18-9-5-2-6-10-18)16-28(23)26-14-17-7-3-1-4-8-17/h1-16,29H/b25-15?,26-14-. The topological polar surface area (TPSA) is 62.8 Å². The molecular weight excluding hydrogens is 384 g/mol. The van der Waals surface area contributed by atoms with Crippen LogP contribution in [-0.2, 0) is 0 Å². The van der Waals surface area contributed by atoms with Gasteiger partial charge in [0.2, 0.25) is 0 Å². The zero-order valence-electron chi connectivity index (χ0n) is 15.4. The predicted octanol–water partition coefficient (Wildman–Crippen LogP) is 5.54. The smallest absolute Gasteiger partial charge is 0.251 e. The first kappa shape index (κ1) is 18.7. The molecule has 0 atom stereocenters. The lowest BCUT2D eigenvalue weighted by Gasteiger charge is -1.99. The first-order valence-electron chi connectivity index (χ1n) is 8.96. The average molecular weight is 401 g/mol. The highest BCUT2D eigenvalue weighted by atomic mass is 35.5. The van der Waals surface area contributed by atoms with Crippen LogP contribution in [0, 0.1) is 0 Å². The normalized spacial score (nSPS) is 11.5. The molecule has 0 amide bonds. The highest BCUT2D eigenvalue weighted by molar-refractivity contribution is 6.30. The molecule has 0 saturated carbocycles. The summed E-state index contributed by atoms with van der Waals surface area (Å²) in [5, 5.41) is 15.0. The zero-order valence-corrected chi connectivity index (χ0v) is 16.1. The van der Waals surface area contributed by atoms with Crippen molar-refractivity contribution in [3.8, 4) is 17.0 Å². The number of imidazole rings is 1. The minimum Gasteiger partial charge on any atom is -0.507 e. The number of rotatable bonds is 5. The lowest BCUT2D eigenvalue weighted by molar-refractivity contribution is 0.474. The number of aliphatic imine (C=N–C) groups is 1. The van der Waals surface area contributed by atoms with Gasteiger partial charge >= 0.3 is 0 Å². The van der Waals surface area contributed by atoms with Gasteiger partial charge in [-0.15, -0.1) is 0 Å². The molecule has 0 spiro atoms. The molecule has 4 aromatic rings. The fourth-order valence-electron chi connectivity index (χ4n) is 2.71. The van der Waals surface area contributed by atoms with E-state index < -0.39 is 0 Å². The van der Waals surface area contributed by atoms with Crippen LogP contribution in [0.3, 0.4) is 0 Å². The van der Waals surface area contributed by atoms with Crippen molar-refractivity contribution in [1.82, 2.24) is 9.66 Å². The third-order valence-corrected chi connectivity index (χ3v) is 4.41. The Hall–Kier alpha value is -3.70. The Bertz CT molecular complexity index is 1170. The Kier molecular flexibility index (Phi) is 5.49. The van der Waals surface area contributed by atoms with Crippen molar-refractivity contribution < 1.29 is 5.11 Å². The summed E-state index contributed by atoms with van der Waals surface area (Å²) in [4.78, 5) is 9.03. The Morgan fingerprint density at radius 2 is 1.62 bits per heavy atom. The second-order valence-electron chi connectivity index (χ2n) is 6.25. The molecule has 4 rings (SSSR count). The molecule has 0 bridgehead atoms. The Labute approximate surface area is 173 Å². The van der Waals surface area contributed by atoms with Crippen LogP contribution in [-0.4, -0.2) is 27.2 Å². The zero-order chi connectivity index (χ0) is 20.1. The van der Waals surface area contributed by atoms with E-state index in [1.807, 2.05) is 66.9 Å². The first-order valence-corrected chi connectivity index (χ1v) is 9.34. The molecule has 29 heavy (non-hydrogen) atoms. The van der Waals surface area contributed by atoms with E-state index in [0.29, 0.717) is 16.5 Å². The predicted molar refractivity (Wildman–Crippen MR) is 117 cm³/mol. The van der Waals surface area contributed by atoms with Gasteiger partial charge in [-0.2, -0.15) is 5.10 Å². The van der Waals surface area contributed by atoms with Crippen molar-refractivity contribution in [3.05, 3.63) is 101 Å². The second-order valence-corrected chi connectivity index (χ2v) is 6.69. The number of phenols is 1. The lowest BCUT2D eigenvalue weighted by Crippen LogP contribution is -1.90. The maximum Gasteiger partial charge on any atom is 0.251 e. The minimum absolute atomic E-state index is 0.0901. The van der Waals surface area contributed by atoms with Gasteiger partial charge in [-0.05, 0) is 23.8 Å². The summed E-state index contributed by atoms with van der Waals surface area (Å²) in [7, 11) is 0.